The fourth-order valence-electron chi connectivity index (χ4n) is 3.30. The maximum absolute atomic E-state index is 12.5. The van der Waals surface area contributed by atoms with E-state index in [9.17, 15) is 4.79 Å². The van der Waals surface area contributed by atoms with Gasteiger partial charge in [-0.25, -0.2) is 4.68 Å². The number of aryl methyl sites for hydroxylation is 2. The first-order valence-electron chi connectivity index (χ1n) is 8.86. The molecule has 5 nitrogen and oxygen atoms in total. The number of hydrogen-bond acceptors (Lipinski definition) is 3. The number of hydrogen-bond donors (Lipinski definition) is 1. The van der Waals surface area contributed by atoms with Gasteiger partial charge in [-0.1, -0.05) is 30.3 Å². The summed E-state index contributed by atoms with van der Waals surface area (Å²) in [5.74, 6) is 1.28. The van der Waals surface area contributed by atoms with Crippen molar-refractivity contribution in [3.8, 4) is 11.4 Å². The fraction of sp³-hybridized carbons (Fsp3) is 0.238. The lowest BCUT2D eigenvalue weighted by Crippen LogP contribution is -2.22. The molecule has 4 rings (SSSR count). The Balaban J connectivity index is 1.53. The summed E-state index contributed by atoms with van der Waals surface area (Å²) in [5, 5.41) is 7.72. The number of fused-ring (bicyclic) bond motifs is 1. The van der Waals surface area contributed by atoms with E-state index in [2.05, 4.69) is 5.32 Å². The van der Waals surface area contributed by atoms with E-state index in [0.717, 1.165) is 47.6 Å². The fourth-order valence-corrected chi connectivity index (χ4v) is 3.30. The highest BCUT2D eigenvalue weighted by Gasteiger charge is 2.24. The Morgan fingerprint density at radius 3 is 2.81 bits per heavy atom. The minimum absolute atomic E-state index is 0.0296. The van der Waals surface area contributed by atoms with Crippen LogP contribution in [0, 0.1) is 6.92 Å². The Hall–Kier alpha value is -3.08. The standard InChI is InChI=1S/C21H21N3O2/c1-15-7-5-10-17(13-15)26-14-20(25)22-21-18-11-6-12-19(18)23-24(21)16-8-3-2-4-9-16/h2-5,7-10,13H,6,11-12,14H2,1H3,(H,22,25). The molecule has 0 saturated heterocycles. The highest BCUT2D eigenvalue weighted by molar-refractivity contribution is 5.92. The van der Waals surface area contributed by atoms with Gasteiger partial charge in [0.15, 0.2) is 6.61 Å². The molecular weight excluding hydrogens is 326 g/mol. The number of carbonyl (C=O) groups excluding carboxylic acids is 1. The molecule has 1 aliphatic carbocycles. The molecule has 2 aromatic carbocycles. The van der Waals surface area contributed by atoms with Crippen molar-refractivity contribution in [2.24, 2.45) is 0 Å². The van der Waals surface area contributed by atoms with Gasteiger partial charge in [0.2, 0.25) is 0 Å². The summed E-state index contributed by atoms with van der Waals surface area (Å²) in [6.45, 7) is 1.97. The Morgan fingerprint density at radius 1 is 1.15 bits per heavy atom. The third-order valence-electron chi connectivity index (χ3n) is 4.53. The first kappa shape index (κ1) is 16.4. The molecule has 3 aromatic rings. The van der Waals surface area contributed by atoms with Crippen molar-refractivity contribution < 1.29 is 9.53 Å². The second-order valence-electron chi connectivity index (χ2n) is 6.53. The van der Waals surface area contributed by atoms with Crippen LogP contribution < -0.4 is 10.1 Å². The van der Waals surface area contributed by atoms with E-state index in [1.165, 1.54) is 0 Å². The van der Waals surface area contributed by atoms with Gasteiger partial charge in [0.05, 0.1) is 11.4 Å². The number of carbonyl (C=O) groups is 1. The maximum atomic E-state index is 12.5. The van der Waals surface area contributed by atoms with Gasteiger partial charge in [0.25, 0.3) is 5.91 Å². The van der Waals surface area contributed by atoms with E-state index in [1.807, 2.05) is 66.2 Å². The highest BCUT2D eigenvalue weighted by atomic mass is 16.5. The Labute approximate surface area is 152 Å². The largest absolute Gasteiger partial charge is 0.484 e. The average Bonchev–Trinajstić information content (AvgIpc) is 3.24. The molecule has 132 valence electrons. The monoisotopic (exact) mass is 347 g/mol. The van der Waals surface area contributed by atoms with Gasteiger partial charge in [-0.3, -0.25) is 4.79 Å². The summed E-state index contributed by atoms with van der Waals surface area (Å²) < 4.78 is 7.45. The predicted octanol–water partition coefficient (Wildman–Crippen LogP) is 3.69. The van der Waals surface area contributed by atoms with Gasteiger partial charge in [-0.05, 0) is 56.0 Å². The van der Waals surface area contributed by atoms with Crippen molar-refractivity contribution >= 4 is 11.7 Å². The van der Waals surface area contributed by atoms with E-state index < -0.39 is 0 Å². The number of nitrogens with zero attached hydrogens (tertiary/aromatic N) is 2. The van der Waals surface area contributed by atoms with Crippen LogP contribution in [0.5, 0.6) is 5.75 Å². The Morgan fingerprint density at radius 2 is 2.00 bits per heavy atom. The van der Waals surface area contributed by atoms with Crippen LogP contribution in [0.15, 0.2) is 54.6 Å². The van der Waals surface area contributed by atoms with Gasteiger partial charge in [-0.15, -0.1) is 0 Å². The van der Waals surface area contributed by atoms with Crippen molar-refractivity contribution in [1.29, 1.82) is 0 Å². The average molecular weight is 347 g/mol. The molecule has 0 radical (unpaired) electrons. The normalized spacial score (nSPS) is 12.7. The molecule has 1 amide bonds. The van der Waals surface area contributed by atoms with E-state index >= 15 is 0 Å². The molecule has 1 aliphatic rings. The topological polar surface area (TPSA) is 56.1 Å². The third-order valence-corrected chi connectivity index (χ3v) is 4.53. The molecule has 1 heterocycles. The molecular formula is C21H21N3O2. The summed E-state index contributed by atoms with van der Waals surface area (Å²) in [5.41, 5.74) is 4.25. The molecule has 0 spiro atoms. The molecule has 1 aromatic heterocycles. The van der Waals surface area contributed by atoms with E-state index in [0.29, 0.717) is 5.75 Å². The number of ether oxygens (including phenoxy) is 1. The Bertz CT molecular complexity index is 932. The third kappa shape index (κ3) is 3.33. The summed E-state index contributed by atoms with van der Waals surface area (Å²) >= 11 is 0. The summed E-state index contributed by atoms with van der Waals surface area (Å²) in [6.07, 6.45) is 2.98. The first-order chi connectivity index (χ1) is 12.7. The van der Waals surface area contributed by atoms with Crippen LogP contribution in [0.25, 0.3) is 5.69 Å². The quantitative estimate of drug-likeness (QED) is 0.766. The van der Waals surface area contributed by atoms with Crippen LogP contribution in [0.4, 0.5) is 5.82 Å². The second-order valence-corrected chi connectivity index (χ2v) is 6.53. The number of aromatic nitrogens is 2. The highest BCUT2D eigenvalue weighted by Crippen LogP contribution is 2.30. The van der Waals surface area contributed by atoms with Gasteiger partial charge in [-0.2, -0.15) is 5.10 Å². The van der Waals surface area contributed by atoms with Gasteiger partial charge < -0.3 is 10.1 Å². The molecule has 1 N–H and O–H groups in total. The van der Waals surface area contributed by atoms with Crippen molar-refractivity contribution in [1.82, 2.24) is 9.78 Å². The summed E-state index contributed by atoms with van der Waals surface area (Å²) in [4.78, 5) is 12.5. The summed E-state index contributed by atoms with van der Waals surface area (Å²) in [6, 6.07) is 17.6. The van der Waals surface area contributed by atoms with Crippen LogP contribution in [0.1, 0.15) is 23.2 Å². The molecule has 0 fully saturated rings. The zero-order valence-electron chi connectivity index (χ0n) is 14.7. The number of amides is 1. The SMILES string of the molecule is Cc1cccc(OCC(=O)Nc2c3c(nn2-c2ccccc2)CCC3)c1. The van der Waals surface area contributed by atoms with Crippen molar-refractivity contribution in [2.75, 3.05) is 11.9 Å². The lowest BCUT2D eigenvalue weighted by molar-refractivity contribution is -0.118. The van der Waals surface area contributed by atoms with E-state index in [1.54, 1.807) is 0 Å². The lowest BCUT2D eigenvalue weighted by Gasteiger charge is -2.12. The number of para-hydroxylation sites is 1. The molecule has 0 saturated carbocycles. The second kappa shape index (κ2) is 7.04. The smallest absolute Gasteiger partial charge is 0.263 e. The molecule has 0 aliphatic heterocycles. The molecule has 5 heteroatoms. The van der Waals surface area contributed by atoms with Crippen molar-refractivity contribution in [3.63, 3.8) is 0 Å². The van der Waals surface area contributed by atoms with Crippen LogP contribution in [0.2, 0.25) is 0 Å². The van der Waals surface area contributed by atoms with Crippen LogP contribution in [-0.4, -0.2) is 22.3 Å². The van der Waals surface area contributed by atoms with Crippen LogP contribution in [-0.2, 0) is 17.6 Å². The van der Waals surface area contributed by atoms with Gasteiger partial charge >= 0.3 is 0 Å². The maximum Gasteiger partial charge on any atom is 0.263 e. The number of benzene rings is 2. The number of rotatable bonds is 5. The minimum atomic E-state index is -0.182. The van der Waals surface area contributed by atoms with Crippen LogP contribution in [0.3, 0.4) is 0 Å². The van der Waals surface area contributed by atoms with E-state index in [-0.39, 0.29) is 12.5 Å². The van der Waals surface area contributed by atoms with Crippen molar-refractivity contribution in [3.05, 3.63) is 71.4 Å². The molecule has 26 heavy (non-hydrogen) atoms. The molecule has 0 unspecified atom stereocenters. The predicted molar refractivity (Wildman–Crippen MR) is 101 cm³/mol. The molecule has 0 bridgehead atoms. The molecule has 0 atom stereocenters. The summed E-state index contributed by atoms with van der Waals surface area (Å²) in [7, 11) is 0. The van der Waals surface area contributed by atoms with Gasteiger partial charge in [0, 0.05) is 5.56 Å². The minimum Gasteiger partial charge on any atom is -0.484 e. The Kier molecular flexibility index (Phi) is 4.44. The first-order valence-corrected chi connectivity index (χ1v) is 8.86. The van der Waals surface area contributed by atoms with Crippen molar-refractivity contribution in [2.45, 2.75) is 26.2 Å². The van der Waals surface area contributed by atoms with Gasteiger partial charge in [0.1, 0.15) is 11.6 Å². The lowest BCUT2D eigenvalue weighted by atomic mass is 10.2. The van der Waals surface area contributed by atoms with Crippen LogP contribution >= 0.6 is 0 Å². The zero-order chi connectivity index (χ0) is 17.9. The number of anilines is 1. The zero-order valence-corrected chi connectivity index (χ0v) is 14.7. The van der Waals surface area contributed by atoms with E-state index in [4.69, 9.17) is 9.84 Å². The number of nitrogens with one attached hydrogen (secondary N) is 1.